The van der Waals surface area contributed by atoms with E-state index >= 15 is 0 Å². The van der Waals surface area contributed by atoms with Gasteiger partial charge in [-0.15, -0.1) is 0 Å². The Morgan fingerprint density at radius 3 is 2.74 bits per heavy atom. The Morgan fingerprint density at radius 1 is 1.32 bits per heavy atom. The summed E-state index contributed by atoms with van der Waals surface area (Å²) in [5.74, 6) is -0.188. The van der Waals surface area contributed by atoms with Gasteiger partial charge in [0.2, 0.25) is 0 Å². The minimum atomic E-state index is -0.959. The second kappa shape index (κ2) is 5.48. The van der Waals surface area contributed by atoms with Crippen LogP contribution in [-0.2, 0) is 0 Å². The number of aromatic carboxylic acids is 1. The van der Waals surface area contributed by atoms with Gasteiger partial charge >= 0.3 is 5.97 Å². The van der Waals surface area contributed by atoms with Crippen molar-refractivity contribution in [2.75, 3.05) is 18.5 Å². The third-order valence-corrected chi connectivity index (χ3v) is 2.95. The molecule has 2 aromatic rings. The van der Waals surface area contributed by atoms with E-state index in [1.54, 1.807) is 30.3 Å². The van der Waals surface area contributed by atoms with Gasteiger partial charge in [-0.1, -0.05) is 18.2 Å². The quantitative estimate of drug-likeness (QED) is 0.910. The van der Waals surface area contributed by atoms with E-state index < -0.39 is 5.97 Å². The maximum absolute atomic E-state index is 11.2. The summed E-state index contributed by atoms with van der Waals surface area (Å²) in [7, 11) is 1.93. The number of nitrogens with zero attached hydrogens (tertiary/aromatic N) is 3. The lowest BCUT2D eigenvalue weighted by Crippen LogP contribution is -2.17. The molecular weight excluding hydrogens is 242 g/mol. The number of carbonyl (C=O) groups is 1. The Bertz CT molecular complexity index is 599. The summed E-state index contributed by atoms with van der Waals surface area (Å²) in [6.45, 7) is 2.84. The normalized spacial score (nSPS) is 10.2. The molecule has 0 aliphatic rings. The van der Waals surface area contributed by atoms with Gasteiger partial charge in [-0.3, -0.25) is 0 Å². The number of aromatic nitrogens is 2. The fourth-order valence-corrected chi connectivity index (χ4v) is 1.76. The molecule has 0 aliphatic carbocycles. The topological polar surface area (TPSA) is 66.3 Å². The molecule has 0 saturated heterocycles. The Hall–Kier alpha value is -2.43. The molecule has 5 nitrogen and oxygen atoms in total. The number of anilines is 1. The molecule has 0 amide bonds. The molecule has 1 aromatic carbocycles. The van der Waals surface area contributed by atoms with Crippen molar-refractivity contribution < 1.29 is 9.90 Å². The summed E-state index contributed by atoms with van der Waals surface area (Å²) < 4.78 is 0. The first-order chi connectivity index (χ1) is 9.13. The number of rotatable bonds is 4. The lowest BCUT2D eigenvalue weighted by atomic mass is 10.0. The first-order valence-electron chi connectivity index (χ1n) is 5.99. The minimum absolute atomic E-state index is 0.242. The molecule has 0 atom stereocenters. The molecule has 0 saturated carbocycles. The molecule has 2 rings (SSSR count). The van der Waals surface area contributed by atoms with Crippen LogP contribution in [0.5, 0.6) is 0 Å². The highest BCUT2D eigenvalue weighted by atomic mass is 16.4. The Kier molecular flexibility index (Phi) is 3.75. The first kappa shape index (κ1) is 13.0. The highest BCUT2D eigenvalue weighted by Crippen LogP contribution is 2.23. The summed E-state index contributed by atoms with van der Waals surface area (Å²) in [4.78, 5) is 21.5. The summed E-state index contributed by atoms with van der Waals surface area (Å²) in [5.41, 5.74) is 1.46. The van der Waals surface area contributed by atoms with Gasteiger partial charge in [-0.25, -0.2) is 14.8 Å². The number of hydrogen-bond acceptors (Lipinski definition) is 4. The number of carboxylic acid groups (broad SMARTS) is 1. The van der Waals surface area contributed by atoms with Crippen molar-refractivity contribution in [1.29, 1.82) is 0 Å². The van der Waals surface area contributed by atoms with E-state index in [4.69, 9.17) is 0 Å². The molecule has 0 bridgehead atoms. The van der Waals surface area contributed by atoms with Gasteiger partial charge in [0.25, 0.3) is 0 Å². The molecule has 0 fully saturated rings. The van der Waals surface area contributed by atoms with Crippen LogP contribution in [0.3, 0.4) is 0 Å². The second-order valence-corrected chi connectivity index (χ2v) is 4.13. The van der Waals surface area contributed by atoms with Crippen LogP contribution in [0, 0.1) is 0 Å². The van der Waals surface area contributed by atoms with Gasteiger partial charge < -0.3 is 10.0 Å². The van der Waals surface area contributed by atoms with Crippen molar-refractivity contribution in [3.63, 3.8) is 0 Å². The average molecular weight is 257 g/mol. The van der Waals surface area contributed by atoms with E-state index in [-0.39, 0.29) is 5.56 Å². The molecule has 0 spiro atoms. The summed E-state index contributed by atoms with van der Waals surface area (Å²) in [6, 6.07) is 8.62. The van der Waals surface area contributed by atoms with Gasteiger partial charge in [0.15, 0.2) is 0 Å². The smallest absolute Gasteiger partial charge is 0.336 e. The highest BCUT2D eigenvalue weighted by Gasteiger charge is 2.13. The molecule has 0 radical (unpaired) electrons. The summed E-state index contributed by atoms with van der Waals surface area (Å²) in [6.07, 6.45) is 1.45. The minimum Gasteiger partial charge on any atom is -0.478 e. The molecule has 0 aliphatic heterocycles. The van der Waals surface area contributed by atoms with Crippen LogP contribution in [0.4, 0.5) is 5.82 Å². The molecule has 5 heteroatoms. The second-order valence-electron chi connectivity index (χ2n) is 4.13. The van der Waals surface area contributed by atoms with Gasteiger partial charge in [-0.2, -0.15) is 0 Å². The third kappa shape index (κ3) is 2.70. The van der Waals surface area contributed by atoms with Crippen LogP contribution in [0.2, 0.25) is 0 Å². The zero-order valence-corrected chi connectivity index (χ0v) is 10.9. The fourth-order valence-electron chi connectivity index (χ4n) is 1.76. The first-order valence-corrected chi connectivity index (χ1v) is 5.99. The zero-order chi connectivity index (χ0) is 13.8. The van der Waals surface area contributed by atoms with Crippen molar-refractivity contribution in [2.24, 2.45) is 0 Å². The van der Waals surface area contributed by atoms with E-state index in [0.717, 1.165) is 12.4 Å². The van der Waals surface area contributed by atoms with Crippen molar-refractivity contribution >= 4 is 11.8 Å². The van der Waals surface area contributed by atoms with Crippen LogP contribution in [-0.4, -0.2) is 34.6 Å². The molecule has 19 heavy (non-hydrogen) atoms. The summed E-state index contributed by atoms with van der Waals surface area (Å²) in [5, 5.41) is 9.20. The monoisotopic (exact) mass is 257 g/mol. The lowest BCUT2D eigenvalue weighted by Gasteiger charge is -2.16. The average Bonchev–Trinajstić information content (AvgIpc) is 2.46. The Labute approximate surface area is 111 Å². The maximum atomic E-state index is 11.2. The molecule has 1 aromatic heterocycles. The van der Waals surface area contributed by atoms with E-state index in [2.05, 4.69) is 9.97 Å². The molecular formula is C14H15N3O2. The fraction of sp³-hybridized carbons (Fsp3) is 0.214. The number of hydrogen-bond donors (Lipinski definition) is 1. The van der Waals surface area contributed by atoms with Crippen molar-refractivity contribution in [3.05, 3.63) is 42.2 Å². The highest BCUT2D eigenvalue weighted by molar-refractivity contribution is 5.95. The van der Waals surface area contributed by atoms with Gasteiger partial charge in [-0.05, 0) is 13.0 Å². The Morgan fingerprint density at radius 2 is 2.05 bits per heavy atom. The summed E-state index contributed by atoms with van der Waals surface area (Å²) >= 11 is 0. The van der Waals surface area contributed by atoms with Crippen LogP contribution >= 0.6 is 0 Å². The maximum Gasteiger partial charge on any atom is 0.336 e. The largest absolute Gasteiger partial charge is 0.478 e. The number of carboxylic acids is 1. The standard InChI is InChI=1S/C14H15N3O2/c1-3-17(2)13-8-12(15-9-16-13)10-6-4-5-7-11(10)14(18)19/h4-9H,3H2,1-2H3,(H,18,19). The van der Waals surface area contributed by atoms with Crippen LogP contribution < -0.4 is 4.90 Å². The van der Waals surface area contributed by atoms with Gasteiger partial charge in [0, 0.05) is 25.2 Å². The van der Waals surface area contributed by atoms with Crippen LogP contribution in [0.25, 0.3) is 11.3 Å². The third-order valence-electron chi connectivity index (χ3n) is 2.95. The van der Waals surface area contributed by atoms with Gasteiger partial charge in [0.05, 0.1) is 11.3 Å². The number of benzene rings is 1. The molecule has 0 unspecified atom stereocenters. The predicted octanol–water partition coefficient (Wildman–Crippen LogP) is 2.30. The molecule has 1 heterocycles. The van der Waals surface area contributed by atoms with Crippen molar-refractivity contribution in [2.45, 2.75) is 6.92 Å². The van der Waals surface area contributed by atoms with E-state index in [0.29, 0.717) is 11.3 Å². The van der Waals surface area contributed by atoms with E-state index in [9.17, 15) is 9.90 Å². The van der Waals surface area contributed by atoms with Crippen molar-refractivity contribution in [1.82, 2.24) is 9.97 Å². The predicted molar refractivity (Wildman–Crippen MR) is 73.4 cm³/mol. The van der Waals surface area contributed by atoms with Crippen molar-refractivity contribution in [3.8, 4) is 11.3 Å². The Balaban J connectivity index is 2.51. The SMILES string of the molecule is CCN(C)c1cc(-c2ccccc2C(=O)O)ncn1. The molecule has 1 N–H and O–H groups in total. The van der Waals surface area contributed by atoms with Gasteiger partial charge in [0.1, 0.15) is 12.1 Å². The lowest BCUT2D eigenvalue weighted by molar-refractivity contribution is 0.0697. The van der Waals surface area contributed by atoms with E-state index in [1.807, 2.05) is 18.9 Å². The molecule has 98 valence electrons. The van der Waals surface area contributed by atoms with E-state index in [1.165, 1.54) is 6.33 Å². The van der Waals surface area contributed by atoms with Crippen LogP contribution in [0.15, 0.2) is 36.7 Å². The zero-order valence-electron chi connectivity index (χ0n) is 10.9. The van der Waals surface area contributed by atoms with Crippen LogP contribution in [0.1, 0.15) is 17.3 Å².